The summed E-state index contributed by atoms with van der Waals surface area (Å²) in [5, 5.41) is 5.14. The van der Waals surface area contributed by atoms with Crippen LogP contribution in [-0.4, -0.2) is 60.1 Å². The van der Waals surface area contributed by atoms with Gasteiger partial charge in [0.2, 0.25) is 12.2 Å². The van der Waals surface area contributed by atoms with Crippen molar-refractivity contribution in [2.24, 2.45) is 0 Å². The maximum atomic E-state index is 13.4. The Morgan fingerprint density at radius 3 is 1.12 bits per heavy atom. The van der Waals surface area contributed by atoms with Crippen molar-refractivity contribution in [3.8, 4) is 0 Å². The van der Waals surface area contributed by atoms with Crippen LogP contribution in [0.25, 0.3) is 0 Å². The second kappa shape index (κ2) is 15.5. The van der Waals surface area contributed by atoms with Gasteiger partial charge in [0.1, 0.15) is 0 Å². The van der Waals surface area contributed by atoms with E-state index in [1.807, 2.05) is 45.2 Å². The van der Waals surface area contributed by atoms with Crippen molar-refractivity contribution in [1.29, 1.82) is 0 Å². The Labute approximate surface area is 257 Å². The van der Waals surface area contributed by atoms with E-state index in [1.165, 1.54) is 0 Å². The number of benzene rings is 2. The second-order valence-corrected chi connectivity index (χ2v) is 10.5. The van der Waals surface area contributed by atoms with Gasteiger partial charge in [-0.05, 0) is 69.4 Å². The van der Waals surface area contributed by atoms with Gasteiger partial charge in [0, 0.05) is 34.8 Å². The van der Waals surface area contributed by atoms with Gasteiger partial charge in [-0.1, -0.05) is 24.3 Å². The molecule has 2 amide bonds. The van der Waals surface area contributed by atoms with Gasteiger partial charge in [-0.2, -0.15) is 0 Å². The summed E-state index contributed by atoms with van der Waals surface area (Å²) in [7, 11) is 0. The van der Waals surface area contributed by atoms with Gasteiger partial charge in [0.15, 0.2) is 12.2 Å². The van der Waals surface area contributed by atoms with E-state index in [9.17, 15) is 28.8 Å². The van der Waals surface area contributed by atoms with Crippen molar-refractivity contribution in [1.82, 2.24) is 0 Å². The van der Waals surface area contributed by atoms with E-state index in [2.05, 4.69) is 10.6 Å². The average molecular weight is 780 g/mol. The van der Waals surface area contributed by atoms with E-state index in [1.54, 1.807) is 48.5 Å². The third-order valence-electron chi connectivity index (χ3n) is 4.89. The molecular weight excluding hydrogens is 754 g/mol. The number of halogens is 2. The third kappa shape index (κ3) is 10.0. The quantitative estimate of drug-likeness (QED) is 0.197. The molecule has 2 aromatic carbocycles. The largest absolute Gasteiger partial charge is 0.454 e. The minimum atomic E-state index is -1.94. The Morgan fingerprint density at radius 2 is 0.850 bits per heavy atom. The summed E-state index contributed by atoms with van der Waals surface area (Å²) in [6, 6.07) is 13.3. The summed E-state index contributed by atoms with van der Waals surface area (Å²) < 4.78 is 22.4. The highest BCUT2D eigenvalue weighted by Crippen LogP contribution is 2.25. The molecule has 0 bridgehead atoms. The van der Waals surface area contributed by atoms with Crippen LogP contribution in [0, 0.1) is 7.14 Å². The molecule has 2 N–H and O–H groups in total. The van der Waals surface area contributed by atoms with Crippen molar-refractivity contribution >= 4 is 92.2 Å². The minimum absolute atomic E-state index is 0.337. The summed E-state index contributed by atoms with van der Waals surface area (Å²) in [6.07, 6.45) is -7.72. The zero-order valence-electron chi connectivity index (χ0n) is 21.8. The average Bonchev–Trinajstić information content (AvgIpc) is 2.85. The molecule has 0 saturated carbocycles. The van der Waals surface area contributed by atoms with Crippen molar-refractivity contribution < 1.29 is 47.7 Å². The third-order valence-corrected chi connectivity index (χ3v) is 6.77. The van der Waals surface area contributed by atoms with Gasteiger partial charge >= 0.3 is 23.9 Å². The molecule has 40 heavy (non-hydrogen) atoms. The number of carbonyl (C=O) groups excluding carboxylic acids is 6. The van der Waals surface area contributed by atoms with E-state index in [-0.39, 0.29) is 0 Å². The minimum Gasteiger partial charge on any atom is -0.454 e. The maximum absolute atomic E-state index is 13.4. The number of carbonyl (C=O) groups is 6. The fraction of sp³-hybridized carbons (Fsp3) is 0.308. The smallest absolute Gasteiger partial charge is 0.303 e. The number of anilines is 2. The van der Waals surface area contributed by atoms with Crippen LogP contribution in [-0.2, 0) is 47.7 Å². The molecular formula is C26H26I2N2O10. The van der Waals surface area contributed by atoms with Crippen LogP contribution in [0.5, 0.6) is 0 Å². The van der Waals surface area contributed by atoms with Crippen LogP contribution in [0.1, 0.15) is 27.7 Å². The predicted octanol–water partition coefficient (Wildman–Crippen LogP) is 3.20. The lowest BCUT2D eigenvalue weighted by Crippen LogP contribution is -2.57. The molecule has 0 spiro atoms. The standard InChI is InChI=1S/C26H26I2N2O10/c1-13(31)37-21(23(39-15(3)33)25(35)29-19-11-7-5-9-17(19)27)22(38-14(2)32)24(40-16(4)34)26(36)30-20-12-8-6-10-18(20)28/h5-12,21-24H,1-4H3,(H,29,35)(H,30,36). The zero-order valence-corrected chi connectivity index (χ0v) is 26.1. The van der Waals surface area contributed by atoms with Crippen LogP contribution in [0.2, 0.25) is 0 Å². The van der Waals surface area contributed by atoms with Crippen LogP contribution in [0.4, 0.5) is 11.4 Å². The fourth-order valence-electron chi connectivity index (χ4n) is 3.42. The first-order valence-corrected chi connectivity index (χ1v) is 13.8. The molecule has 4 atom stereocenters. The Hall–Kier alpha value is -3.28. The Kier molecular flexibility index (Phi) is 12.8. The van der Waals surface area contributed by atoms with Crippen LogP contribution in [0.3, 0.4) is 0 Å². The van der Waals surface area contributed by atoms with Gasteiger partial charge in [-0.15, -0.1) is 0 Å². The second-order valence-electron chi connectivity index (χ2n) is 8.15. The number of esters is 4. The highest BCUT2D eigenvalue weighted by Gasteiger charge is 2.49. The van der Waals surface area contributed by atoms with Gasteiger partial charge < -0.3 is 29.6 Å². The highest BCUT2D eigenvalue weighted by molar-refractivity contribution is 14.1. The normalized spacial score (nSPS) is 13.4. The van der Waals surface area contributed by atoms with Crippen molar-refractivity contribution in [3.63, 3.8) is 0 Å². The molecule has 0 fully saturated rings. The molecule has 0 saturated heterocycles. The number of ether oxygens (including phenoxy) is 4. The van der Waals surface area contributed by atoms with Crippen LogP contribution in [0.15, 0.2) is 48.5 Å². The number of nitrogens with one attached hydrogen (secondary N) is 2. The molecule has 214 valence electrons. The molecule has 0 aliphatic carbocycles. The molecule has 12 nitrogen and oxygen atoms in total. The summed E-state index contributed by atoms with van der Waals surface area (Å²) in [5.74, 6) is -5.78. The van der Waals surface area contributed by atoms with Crippen molar-refractivity contribution in [2.45, 2.75) is 52.1 Å². The molecule has 0 aromatic heterocycles. The first-order chi connectivity index (χ1) is 18.8. The van der Waals surface area contributed by atoms with E-state index in [0.29, 0.717) is 18.5 Å². The topological polar surface area (TPSA) is 163 Å². The summed E-state index contributed by atoms with van der Waals surface area (Å²) in [4.78, 5) is 75.3. The molecule has 2 aromatic rings. The Bertz CT molecular complexity index is 1190. The molecule has 0 aliphatic rings. The Balaban J connectivity index is 2.62. The number of rotatable bonds is 11. The lowest BCUT2D eigenvalue weighted by Gasteiger charge is -2.34. The summed E-state index contributed by atoms with van der Waals surface area (Å²) in [6.45, 7) is 4.00. The zero-order chi connectivity index (χ0) is 30.0. The van der Waals surface area contributed by atoms with Crippen LogP contribution < -0.4 is 10.6 Å². The number of hydrogen-bond acceptors (Lipinski definition) is 10. The Morgan fingerprint density at radius 1 is 0.550 bits per heavy atom. The first kappa shape index (κ1) is 32.9. The highest BCUT2D eigenvalue weighted by atomic mass is 127. The molecule has 0 aliphatic heterocycles. The van der Waals surface area contributed by atoms with Gasteiger partial charge in [-0.3, -0.25) is 28.8 Å². The molecule has 0 heterocycles. The number of para-hydroxylation sites is 2. The maximum Gasteiger partial charge on any atom is 0.303 e. The molecule has 0 radical (unpaired) electrons. The lowest BCUT2D eigenvalue weighted by molar-refractivity contribution is -0.198. The van der Waals surface area contributed by atoms with Gasteiger partial charge in [-0.25, -0.2) is 0 Å². The monoisotopic (exact) mass is 780 g/mol. The van der Waals surface area contributed by atoms with E-state index < -0.39 is 60.1 Å². The van der Waals surface area contributed by atoms with Crippen molar-refractivity contribution in [3.05, 3.63) is 55.7 Å². The number of amides is 2. The SMILES string of the molecule is CC(=O)OC(C(=O)Nc1ccccc1I)C(OC(C)=O)C(OC(C)=O)C(OC(C)=O)C(=O)Nc1ccccc1I. The van der Waals surface area contributed by atoms with Crippen molar-refractivity contribution in [2.75, 3.05) is 10.6 Å². The van der Waals surface area contributed by atoms with E-state index >= 15 is 0 Å². The van der Waals surface area contributed by atoms with E-state index in [4.69, 9.17) is 18.9 Å². The first-order valence-electron chi connectivity index (χ1n) is 11.6. The molecule has 14 heteroatoms. The summed E-state index contributed by atoms with van der Waals surface area (Å²) in [5.41, 5.74) is 0.674. The van der Waals surface area contributed by atoms with Crippen LogP contribution >= 0.6 is 45.2 Å². The fourth-order valence-corrected chi connectivity index (χ4v) is 4.46. The van der Waals surface area contributed by atoms with Gasteiger partial charge in [0.05, 0.1) is 11.4 Å². The van der Waals surface area contributed by atoms with E-state index in [0.717, 1.165) is 27.7 Å². The number of hydrogen-bond donors (Lipinski definition) is 2. The molecule has 2 rings (SSSR count). The summed E-state index contributed by atoms with van der Waals surface area (Å²) >= 11 is 3.93. The molecule has 4 unspecified atom stereocenters. The lowest BCUT2D eigenvalue weighted by atomic mass is 10.00. The predicted molar refractivity (Wildman–Crippen MR) is 158 cm³/mol. The van der Waals surface area contributed by atoms with Gasteiger partial charge in [0.25, 0.3) is 11.8 Å².